The van der Waals surface area contributed by atoms with E-state index < -0.39 is 5.60 Å². The van der Waals surface area contributed by atoms with Gasteiger partial charge in [-0.25, -0.2) is 0 Å². The Bertz CT molecular complexity index is 1070. The van der Waals surface area contributed by atoms with Crippen LogP contribution in [-0.2, 0) is 12.0 Å². The van der Waals surface area contributed by atoms with E-state index in [0.717, 1.165) is 38.4 Å². The minimum atomic E-state index is -0.586. The fourth-order valence-electron chi connectivity index (χ4n) is 3.61. The van der Waals surface area contributed by atoms with Gasteiger partial charge < -0.3 is 4.74 Å². The molecule has 3 heteroatoms. The number of rotatable bonds is 6. The predicted octanol–water partition coefficient (Wildman–Crippen LogP) is 8.04. The van der Waals surface area contributed by atoms with E-state index in [1.54, 1.807) is 0 Å². The van der Waals surface area contributed by atoms with Crippen LogP contribution >= 0.6 is 27.5 Å². The summed E-state index contributed by atoms with van der Waals surface area (Å²) in [6.45, 7) is 2.12. The minimum Gasteiger partial charge on any atom is -0.478 e. The van der Waals surface area contributed by atoms with Crippen LogP contribution in [0.4, 0.5) is 0 Å². The smallest absolute Gasteiger partial charge is 0.156 e. The molecule has 0 aliphatic heterocycles. The molecular formula is C27H22BrClO. The highest BCUT2D eigenvalue weighted by Crippen LogP contribution is 2.35. The third kappa shape index (κ3) is 4.61. The molecule has 0 heterocycles. The third-order valence-electron chi connectivity index (χ3n) is 5.30. The van der Waals surface area contributed by atoms with E-state index in [4.69, 9.17) is 16.3 Å². The quantitative estimate of drug-likeness (QED) is 0.273. The molecule has 4 aromatic rings. The van der Waals surface area contributed by atoms with E-state index in [1.807, 2.05) is 60.7 Å². The number of halogens is 2. The summed E-state index contributed by atoms with van der Waals surface area (Å²) >= 11 is 9.87. The van der Waals surface area contributed by atoms with Gasteiger partial charge in [0.25, 0.3) is 0 Å². The van der Waals surface area contributed by atoms with Gasteiger partial charge in [-0.1, -0.05) is 100 Å². The Kier molecular flexibility index (Phi) is 6.26. The molecule has 0 radical (unpaired) electrons. The number of hydrogen-bond donors (Lipinski definition) is 0. The van der Waals surface area contributed by atoms with Gasteiger partial charge in [-0.2, -0.15) is 0 Å². The van der Waals surface area contributed by atoms with Crippen molar-refractivity contribution in [3.05, 3.63) is 135 Å². The van der Waals surface area contributed by atoms with Gasteiger partial charge in [-0.15, -0.1) is 0 Å². The lowest BCUT2D eigenvalue weighted by atomic mass is 9.88. The zero-order valence-corrected chi connectivity index (χ0v) is 19.0. The second kappa shape index (κ2) is 9.07. The molecule has 4 rings (SSSR count). The molecule has 0 saturated carbocycles. The number of hydrogen-bond acceptors (Lipinski definition) is 1. The second-order valence-electron chi connectivity index (χ2n) is 7.42. The average molecular weight is 478 g/mol. The fourth-order valence-corrected chi connectivity index (χ4v) is 4.20. The van der Waals surface area contributed by atoms with Crippen LogP contribution in [0.5, 0.6) is 5.75 Å². The van der Waals surface area contributed by atoms with Gasteiger partial charge in [0, 0.05) is 9.50 Å². The zero-order valence-electron chi connectivity index (χ0n) is 16.7. The molecule has 0 spiro atoms. The number of benzene rings is 4. The summed E-state index contributed by atoms with van der Waals surface area (Å²) in [5, 5.41) is 0.777. The first-order valence-corrected chi connectivity index (χ1v) is 11.0. The summed E-state index contributed by atoms with van der Waals surface area (Å²) < 4.78 is 7.62. The second-order valence-corrected chi connectivity index (χ2v) is 8.75. The summed E-state index contributed by atoms with van der Waals surface area (Å²) in [6, 6.07) is 34.9. The molecule has 150 valence electrons. The van der Waals surface area contributed by atoms with Gasteiger partial charge in [0.05, 0.1) is 0 Å². The van der Waals surface area contributed by atoms with Gasteiger partial charge in [0.2, 0.25) is 0 Å². The Morgan fingerprint density at radius 2 is 1.33 bits per heavy atom. The summed E-state index contributed by atoms with van der Waals surface area (Å²) in [5.41, 5.74) is 3.92. The molecule has 1 nitrogen and oxygen atoms in total. The molecule has 0 aromatic heterocycles. The lowest BCUT2D eigenvalue weighted by Gasteiger charge is -2.32. The lowest BCUT2D eigenvalue weighted by molar-refractivity contribution is 0.132. The summed E-state index contributed by atoms with van der Waals surface area (Å²) in [4.78, 5) is 0. The Labute approximate surface area is 191 Å². The highest BCUT2D eigenvalue weighted by molar-refractivity contribution is 9.10. The molecule has 0 bridgehead atoms. The average Bonchev–Trinajstić information content (AvgIpc) is 2.79. The first-order valence-electron chi connectivity index (χ1n) is 9.87. The number of ether oxygens (including phenoxy) is 1. The van der Waals surface area contributed by atoms with Crippen LogP contribution in [-0.4, -0.2) is 0 Å². The maximum absolute atomic E-state index is 6.59. The fraction of sp³-hybridized carbons (Fsp3) is 0.111. The van der Waals surface area contributed by atoms with Crippen molar-refractivity contribution < 1.29 is 4.74 Å². The van der Waals surface area contributed by atoms with Crippen LogP contribution in [0.2, 0.25) is 5.02 Å². The van der Waals surface area contributed by atoms with E-state index in [0.29, 0.717) is 0 Å². The van der Waals surface area contributed by atoms with Crippen molar-refractivity contribution in [1.29, 1.82) is 0 Å². The topological polar surface area (TPSA) is 9.23 Å². The molecule has 0 unspecified atom stereocenters. The highest BCUT2D eigenvalue weighted by atomic mass is 79.9. The molecule has 0 amide bonds. The van der Waals surface area contributed by atoms with Gasteiger partial charge >= 0.3 is 0 Å². The van der Waals surface area contributed by atoms with Crippen LogP contribution in [0.15, 0.2) is 108 Å². The van der Waals surface area contributed by atoms with E-state index >= 15 is 0 Å². The van der Waals surface area contributed by atoms with Gasteiger partial charge in [0.1, 0.15) is 5.75 Å². The van der Waals surface area contributed by atoms with Crippen LogP contribution in [0, 0.1) is 0 Å². The van der Waals surface area contributed by atoms with Gasteiger partial charge in [-0.3, -0.25) is 0 Å². The predicted molar refractivity (Wildman–Crippen MR) is 128 cm³/mol. The first-order chi connectivity index (χ1) is 14.5. The molecule has 0 saturated heterocycles. The molecule has 0 N–H and O–H groups in total. The van der Waals surface area contributed by atoms with E-state index in [-0.39, 0.29) is 0 Å². The van der Waals surface area contributed by atoms with Gasteiger partial charge in [-0.05, 0) is 65.9 Å². The zero-order chi connectivity index (χ0) is 21.0. The Morgan fingerprint density at radius 1 is 0.767 bits per heavy atom. The highest BCUT2D eigenvalue weighted by Gasteiger charge is 2.31. The van der Waals surface area contributed by atoms with Crippen LogP contribution in [0.1, 0.15) is 29.2 Å². The molecule has 30 heavy (non-hydrogen) atoms. The lowest BCUT2D eigenvalue weighted by Crippen LogP contribution is -2.30. The molecular weight excluding hydrogens is 456 g/mol. The molecule has 0 fully saturated rings. The van der Waals surface area contributed by atoms with E-state index in [9.17, 15) is 0 Å². The Hall–Kier alpha value is -2.55. The normalized spacial score (nSPS) is 11.3. The van der Waals surface area contributed by atoms with Crippen LogP contribution in [0.3, 0.4) is 0 Å². The molecule has 0 aliphatic carbocycles. The van der Waals surface area contributed by atoms with Crippen LogP contribution < -0.4 is 4.74 Å². The SMILES string of the molecule is CC(Oc1ccc(Cc2cc(Br)ccc2Cl)cc1)(c1ccccc1)c1ccccc1. The van der Waals surface area contributed by atoms with E-state index in [2.05, 4.69) is 65.3 Å². The monoisotopic (exact) mass is 476 g/mol. The van der Waals surface area contributed by atoms with Crippen LogP contribution in [0.25, 0.3) is 0 Å². The van der Waals surface area contributed by atoms with Gasteiger partial charge in [0.15, 0.2) is 5.60 Å². The maximum atomic E-state index is 6.59. The minimum absolute atomic E-state index is 0.586. The van der Waals surface area contributed by atoms with Crippen molar-refractivity contribution in [2.45, 2.75) is 18.9 Å². The Morgan fingerprint density at radius 3 is 1.90 bits per heavy atom. The standard InChI is InChI=1S/C27H22BrClO/c1-27(22-8-4-2-5-9-22,23-10-6-3-7-11-23)30-25-15-12-20(13-16-25)18-21-19-24(28)14-17-26(21)29/h2-17,19H,18H2,1H3. The first kappa shape index (κ1) is 20.7. The summed E-state index contributed by atoms with van der Waals surface area (Å²) in [5.74, 6) is 0.828. The third-order valence-corrected chi connectivity index (χ3v) is 6.16. The van der Waals surface area contributed by atoms with Crippen molar-refractivity contribution in [3.63, 3.8) is 0 Å². The van der Waals surface area contributed by atoms with Crippen molar-refractivity contribution in [3.8, 4) is 5.75 Å². The molecule has 0 aliphatic rings. The van der Waals surface area contributed by atoms with E-state index in [1.165, 1.54) is 5.56 Å². The molecule has 4 aromatic carbocycles. The largest absolute Gasteiger partial charge is 0.478 e. The maximum Gasteiger partial charge on any atom is 0.156 e. The van der Waals surface area contributed by atoms with Crippen molar-refractivity contribution in [1.82, 2.24) is 0 Å². The van der Waals surface area contributed by atoms with Crippen molar-refractivity contribution >= 4 is 27.5 Å². The molecule has 0 atom stereocenters. The summed E-state index contributed by atoms with van der Waals surface area (Å²) in [6.07, 6.45) is 0.771. The Balaban J connectivity index is 1.61. The summed E-state index contributed by atoms with van der Waals surface area (Å²) in [7, 11) is 0. The van der Waals surface area contributed by atoms with Crippen molar-refractivity contribution in [2.24, 2.45) is 0 Å². The van der Waals surface area contributed by atoms with Crippen molar-refractivity contribution in [2.75, 3.05) is 0 Å².